The van der Waals surface area contributed by atoms with Crippen LogP contribution in [0.15, 0.2) is 12.4 Å². The lowest BCUT2D eigenvalue weighted by atomic mass is 10.2. The van der Waals surface area contributed by atoms with Crippen LogP contribution in [0.4, 0.5) is 5.95 Å². The highest BCUT2D eigenvalue weighted by Gasteiger charge is 2.21. The lowest BCUT2D eigenvalue weighted by Gasteiger charge is -2.31. The summed E-state index contributed by atoms with van der Waals surface area (Å²) in [6, 6.07) is 0. The van der Waals surface area contributed by atoms with Crippen molar-refractivity contribution in [3.05, 3.63) is 18.0 Å². The second-order valence-electron chi connectivity index (χ2n) is 5.54. The highest BCUT2D eigenvalue weighted by Crippen LogP contribution is 2.12. The first kappa shape index (κ1) is 15.2. The van der Waals surface area contributed by atoms with Gasteiger partial charge < -0.3 is 20.1 Å². The molecule has 0 bridgehead atoms. The number of aromatic nitrogens is 2. The average Bonchev–Trinajstić information content (AvgIpc) is 2.48. The van der Waals surface area contributed by atoms with Crippen LogP contribution in [0.3, 0.4) is 0 Å². The summed E-state index contributed by atoms with van der Waals surface area (Å²) in [4.78, 5) is 10.9. The molecule has 0 amide bonds. The number of hydrogen-bond acceptors (Lipinski definition) is 6. The molecule has 6 heteroatoms. The minimum atomic E-state index is -0.139. The highest BCUT2D eigenvalue weighted by atomic mass is 16.5. The lowest BCUT2D eigenvalue weighted by molar-refractivity contribution is 0.00314. The van der Waals surface area contributed by atoms with Crippen LogP contribution in [0.25, 0.3) is 0 Å². The first-order valence-electron chi connectivity index (χ1n) is 7.18. The van der Waals surface area contributed by atoms with Gasteiger partial charge in [-0.3, -0.25) is 0 Å². The summed E-state index contributed by atoms with van der Waals surface area (Å²) >= 11 is 0. The van der Waals surface area contributed by atoms with Gasteiger partial charge in [-0.25, -0.2) is 9.97 Å². The van der Waals surface area contributed by atoms with E-state index in [1.165, 1.54) is 0 Å². The van der Waals surface area contributed by atoms with E-state index in [0.717, 1.165) is 25.2 Å². The van der Waals surface area contributed by atoms with E-state index in [0.29, 0.717) is 25.0 Å². The molecule has 1 aromatic rings. The summed E-state index contributed by atoms with van der Waals surface area (Å²) in [5.41, 5.74) is 1.08. The number of ether oxygens (including phenoxy) is 1. The van der Waals surface area contributed by atoms with Crippen LogP contribution in [0.2, 0.25) is 0 Å². The van der Waals surface area contributed by atoms with Gasteiger partial charge in [0, 0.05) is 37.6 Å². The molecule has 6 nitrogen and oxygen atoms in total. The second-order valence-corrected chi connectivity index (χ2v) is 5.54. The van der Waals surface area contributed by atoms with Crippen LogP contribution in [0, 0.1) is 5.92 Å². The number of aliphatic hydroxyl groups excluding tert-OH is 1. The van der Waals surface area contributed by atoms with Gasteiger partial charge in [-0.05, 0) is 12.5 Å². The van der Waals surface area contributed by atoms with Gasteiger partial charge in [0.15, 0.2) is 0 Å². The molecule has 1 aliphatic rings. The summed E-state index contributed by atoms with van der Waals surface area (Å²) in [6.45, 7) is 8.19. The summed E-state index contributed by atoms with van der Waals surface area (Å²) < 4.78 is 5.42. The Balaban J connectivity index is 1.87. The van der Waals surface area contributed by atoms with Crippen molar-refractivity contribution in [1.29, 1.82) is 0 Å². The first-order valence-corrected chi connectivity index (χ1v) is 7.18. The normalized spacial score (nSPS) is 19.6. The molecule has 2 N–H and O–H groups in total. The molecule has 1 fully saturated rings. The Bertz CT molecular complexity index is 397. The van der Waals surface area contributed by atoms with Crippen molar-refractivity contribution in [3.63, 3.8) is 0 Å². The fraction of sp³-hybridized carbons (Fsp3) is 0.714. The lowest BCUT2D eigenvalue weighted by Crippen LogP contribution is -2.44. The van der Waals surface area contributed by atoms with E-state index in [1.54, 1.807) is 0 Å². The Labute approximate surface area is 120 Å². The average molecular weight is 280 g/mol. The van der Waals surface area contributed by atoms with Gasteiger partial charge in [-0.2, -0.15) is 0 Å². The Kier molecular flexibility index (Phi) is 5.70. The maximum Gasteiger partial charge on any atom is 0.225 e. The number of hydrogen-bond donors (Lipinski definition) is 2. The van der Waals surface area contributed by atoms with Gasteiger partial charge in [-0.1, -0.05) is 13.8 Å². The fourth-order valence-corrected chi connectivity index (χ4v) is 2.12. The van der Waals surface area contributed by atoms with Gasteiger partial charge >= 0.3 is 0 Å². The van der Waals surface area contributed by atoms with Crippen molar-refractivity contribution < 1.29 is 9.84 Å². The zero-order chi connectivity index (χ0) is 14.4. The van der Waals surface area contributed by atoms with Gasteiger partial charge in [-0.15, -0.1) is 0 Å². The molecular weight excluding hydrogens is 256 g/mol. The summed E-state index contributed by atoms with van der Waals surface area (Å²) in [6.07, 6.45) is 3.58. The molecule has 2 heterocycles. The first-order chi connectivity index (χ1) is 9.69. The smallest absolute Gasteiger partial charge is 0.225 e. The molecule has 0 aliphatic carbocycles. The molecule has 1 unspecified atom stereocenters. The fourth-order valence-electron chi connectivity index (χ4n) is 2.12. The number of nitrogens with zero attached hydrogens (tertiary/aromatic N) is 3. The molecule has 1 saturated heterocycles. The number of aliphatic hydroxyl groups is 1. The molecule has 20 heavy (non-hydrogen) atoms. The van der Waals surface area contributed by atoms with Crippen molar-refractivity contribution in [1.82, 2.24) is 15.3 Å². The number of anilines is 1. The minimum absolute atomic E-state index is 0.0354. The molecule has 0 aromatic carbocycles. The van der Waals surface area contributed by atoms with Crippen LogP contribution in [0.1, 0.15) is 19.4 Å². The van der Waals surface area contributed by atoms with Crippen molar-refractivity contribution in [2.75, 3.05) is 37.7 Å². The van der Waals surface area contributed by atoms with Gasteiger partial charge in [0.1, 0.15) is 0 Å². The van der Waals surface area contributed by atoms with E-state index < -0.39 is 0 Å². The van der Waals surface area contributed by atoms with Gasteiger partial charge in [0.2, 0.25) is 5.95 Å². The van der Waals surface area contributed by atoms with Crippen LogP contribution in [-0.2, 0) is 11.3 Å². The zero-order valence-corrected chi connectivity index (χ0v) is 12.2. The van der Waals surface area contributed by atoms with Gasteiger partial charge in [0.25, 0.3) is 0 Å². The molecule has 1 aromatic heterocycles. The van der Waals surface area contributed by atoms with Crippen molar-refractivity contribution in [3.8, 4) is 0 Å². The predicted molar refractivity (Wildman–Crippen MR) is 77.6 cm³/mol. The summed E-state index contributed by atoms with van der Waals surface area (Å²) in [5, 5.41) is 12.5. The van der Waals surface area contributed by atoms with Crippen LogP contribution >= 0.6 is 0 Å². The predicted octanol–water partition coefficient (Wildman–Crippen LogP) is 0.420. The van der Waals surface area contributed by atoms with Crippen LogP contribution in [-0.4, -0.2) is 54.0 Å². The topological polar surface area (TPSA) is 70.5 Å². The molecule has 0 saturated carbocycles. The SMILES string of the molecule is CC(C)CNCc1cnc(N2CCOC(CO)C2)nc1. The Hall–Kier alpha value is -1.24. The summed E-state index contributed by atoms with van der Waals surface area (Å²) in [5.74, 6) is 1.35. The van der Waals surface area contributed by atoms with E-state index in [-0.39, 0.29) is 12.7 Å². The molecular formula is C14H24N4O2. The number of nitrogens with one attached hydrogen (secondary N) is 1. The Morgan fingerprint density at radius 3 is 2.85 bits per heavy atom. The number of morpholine rings is 1. The second kappa shape index (κ2) is 7.52. The van der Waals surface area contributed by atoms with E-state index in [4.69, 9.17) is 9.84 Å². The van der Waals surface area contributed by atoms with Crippen LogP contribution < -0.4 is 10.2 Å². The highest BCUT2D eigenvalue weighted by molar-refractivity contribution is 5.30. The molecule has 2 rings (SSSR count). The third kappa shape index (κ3) is 4.40. The Morgan fingerprint density at radius 2 is 2.20 bits per heavy atom. The van der Waals surface area contributed by atoms with E-state index >= 15 is 0 Å². The molecule has 0 radical (unpaired) electrons. The summed E-state index contributed by atoms with van der Waals surface area (Å²) in [7, 11) is 0. The third-order valence-electron chi connectivity index (χ3n) is 3.20. The largest absolute Gasteiger partial charge is 0.394 e. The van der Waals surface area contributed by atoms with E-state index in [1.807, 2.05) is 12.4 Å². The minimum Gasteiger partial charge on any atom is -0.394 e. The third-order valence-corrected chi connectivity index (χ3v) is 3.20. The maximum atomic E-state index is 9.14. The van der Waals surface area contributed by atoms with Crippen molar-refractivity contribution in [2.24, 2.45) is 5.92 Å². The molecule has 0 spiro atoms. The molecule has 1 atom stereocenters. The van der Waals surface area contributed by atoms with Crippen molar-refractivity contribution in [2.45, 2.75) is 26.5 Å². The maximum absolute atomic E-state index is 9.14. The van der Waals surface area contributed by atoms with Crippen LogP contribution in [0.5, 0.6) is 0 Å². The zero-order valence-electron chi connectivity index (χ0n) is 12.2. The Morgan fingerprint density at radius 1 is 1.45 bits per heavy atom. The molecule has 112 valence electrons. The van der Waals surface area contributed by atoms with Gasteiger partial charge in [0.05, 0.1) is 19.3 Å². The standard InChI is InChI=1S/C14H24N4O2/c1-11(2)5-15-6-12-7-16-14(17-8-12)18-3-4-20-13(9-18)10-19/h7-8,11,13,15,19H,3-6,9-10H2,1-2H3. The van der Waals surface area contributed by atoms with E-state index in [2.05, 4.69) is 34.0 Å². The van der Waals surface area contributed by atoms with E-state index in [9.17, 15) is 0 Å². The monoisotopic (exact) mass is 280 g/mol. The van der Waals surface area contributed by atoms with Crippen molar-refractivity contribution >= 4 is 5.95 Å². The molecule has 1 aliphatic heterocycles. The quantitative estimate of drug-likeness (QED) is 0.787. The number of rotatable bonds is 6.